The van der Waals surface area contributed by atoms with Crippen LogP contribution in [-0.4, -0.2) is 100 Å². The van der Waals surface area contributed by atoms with Gasteiger partial charge < -0.3 is 38.5 Å². The number of benzene rings is 2. The standard InChI is InChI=1S/C14H20N6.C10H16N2.C4H3Cl2N3.C4H5ClN4.C3Cl3N3.H3N/c1-11-17-13(15)19-14(18-11)16-9-6-10-20(2)12-7-4-3-5-8-12;1-12(9-5-8-11)10-6-3-2-4-7-10;2*1-2-7-3(5)9-4(6)8-2;4-1-7-2(5)9-3(6)8-1;/h3-5,7-8H,6,9-10H2,1-2H3,(H3,15,16,17,18,19);2-4,6-7H,5,8-9,11H2,1H3;1H3;1H3,(H2,6,7,8,9);;1H3. The lowest BCUT2D eigenvalue weighted by molar-refractivity contribution is 0.796. The highest BCUT2D eigenvalue weighted by Crippen LogP contribution is 2.12. The van der Waals surface area contributed by atoms with Gasteiger partial charge in [0, 0.05) is 45.1 Å². The zero-order valence-electron chi connectivity index (χ0n) is 33.5. The summed E-state index contributed by atoms with van der Waals surface area (Å²) in [5.41, 5.74) is 18.7. The summed E-state index contributed by atoms with van der Waals surface area (Å²) < 4.78 is 0. The van der Waals surface area contributed by atoms with Crippen molar-refractivity contribution in [1.82, 2.24) is 66.0 Å². The summed E-state index contributed by atoms with van der Waals surface area (Å²) >= 11 is 32.2. The van der Waals surface area contributed by atoms with Crippen LogP contribution >= 0.6 is 69.6 Å². The fourth-order valence-electron chi connectivity index (χ4n) is 4.24. The molecule has 6 rings (SSSR count). The maximum absolute atomic E-state index is 5.58. The summed E-state index contributed by atoms with van der Waals surface area (Å²) in [5, 5.41) is 3.57. The molecule has 2 aromatic carbocycles. The van der Waals surface area contributed by atoms with E-state index in [-0.39, 0.29) is 49.7 Å². The zero-order valence-corrected chi connectivity index (χ0v) is 38.0. The second-order valence-corrected chi connectivity index (χ2v) is 13.6. The molecule has 0 aliphatic rings. The summed E-state index contributed by atoms with van der Waals surface area (Å²) in [5.74, 6) is 2.64. The molecule has 4 heterocycles. The van der Waals surface area contributed by atoms with E-state index in [0.717, 1.165) is 39.0 Å². The van der Waals surface area contributed by atoms with Crippen LogP contribution in [0, 0.1) is 20.8 Å². The third kappa shape index (κ3) is 23.7. The number of hydrogen-bond donors (Lipinski definition) is 5. The van der Waals surface area contributed by atoms with E-state index in [1.54, 1.807) is 20.8 Å². The molecule has 0 spiro atoms. The van der Waals surface area contributed by atoms with Crippen molar-refractivity contribution in [1.29, 1.82) is 0 Å². The van der Waals surface area contributed by atoms with Crippen LogP contribution < -0.4 is 38.5 Å². The van der Waals surface area contributed by atoms with Gasteiger partial charge in [0.15, 0.2) is 0 Å². The van der Waals surface area contributed by atoms with Crippen molar-refractivity contribution in [3.63, 3.8) is 0 Å². The van der Waals surface area contributed by atoms with Crippen LogP contribution in [0.5, 0.6) is 0 Å². The van der Waals surface area contributed by atoms with Crippen molar-refractivity contribution in [3.05, 3.63) is 110 Å². The third-order valence-corrected chi connectivity index (χ3v) is 7.81. The SMILES string of the molecule is CN(CCCN)c1ccccc1.Cc1nc(Cl)nc(Cl)n1.Cc1nc(N)nc(Cl)n1.Cc1nc(N)nc(NCCCN(C)c2ccccc2)n1.Clc1nc(Cl)nc(Cl)n1.N. The van der Waals surface area contributed by atoms with E-state index < -0.39 is 0 Å². The third-order valence-electron chi connectivity index (χ3n) is 6.79. The topological polar surface area (TPSA) is 286 Å². The van der Waals surface area contributed by atoms with Gasteiger partial charge in [-0.05, 0) is 134 Å². The molecular formula is C35H47Cl6N19. The van der Waals surface area contributed by atoms with Crippen molar-refractivity contribution < 1.29 is 0 Å². The highest BCUT2D eigenvalue weighted by Gasteiger charge is 2.03. The van der Waals surface area contributed by atoms with Gasteiger partial charge >= 0.3 is 0 Å². The number of halogens is 6. The molecule has 25 heteroatoms. The van der Waals surface area contributed by atoms with Crippen molar-refractivity contribution in [2.24, 2.45) is 5.73 Å². The lowest BCUT2D eigenvalue weighted by Crippen LogP contribution is -2.21. The van der Waals surface area contributed by atoms with Gasteiger partial charge in [0.1, 0.15) is 17.5 Å². The van der Waals surface area contributed by atoms with E-state index >= 15 is 0 Å². The number of nitrogens with one attached hydrogen (secondary N) is 1. The van der Waals surface area contributed by atoms with Gasteiger partial charge in [0.05, 0.1) is 0 Å². The minimum absolute atomic E-state index is 0. The molecule has 0 radical (unpaired) electrons. The Morgan fingerprint density at radius 2 is 0.833 bits per heavy atom. The van der Waals surface area contributed by atoms with Gasteiger partial charge in [-0.2, -0.15) is 44.9 Å². The van der Waals surface area contributed by atoms with Crippen LogP contribution in [0.1, 0.15) is 30.3 Å². The van der Waals surface area contributed by atoms with Crippen LogP contribution in [0.25, 0.3) is 0 Å². The van der Waals surface area contributed by atoms with Crippen molar-refractivity contribution in [2.45, 2.75) is 33.6 Å². The van der Waals surface area contributed by atoms with Gasteiger partial charge in [-0.15, -0.1) is 0 Å². The quantitative estimate of drug-likeness (QED) is 0.0858. The number of hydrogen-bond acceptors (Lipinski definition) is 19. The average molecular weight is 947 g/mol. The van der Waals surface area contributed by atoms with E-state index in [1.807, 2.05) is 36.4 Å². The molecule has 60 heavy (non-hydrogen) atoms. The second-order valence-electron chi connectivity index (χ2n) is 11.6. The Morgan fingerprint density at radius 3 is 1.20 bits per heavy atom. The van der Waals surface area contributed by atoms with Crippen LogP contribution in [0.4, 0.5) is 29.2 Å². The van der Waals surface area contributed by atoms with E-state index in [2.05, 4.69) is 113 Å². The van der Waals surface area contributed by atoms with E-state index in [4.69, 9.17) is 86.8 Å². The molecule has 10 N–H and O–H groups in total. The monoisotopic (exact) mass is 943 g/mol. The molecule has 0 aliphatic heterocycles. The Kier molecular flexibility index (Phi) is 26.0. The average Bonchev–Trinajstić information content (AvgIpc) is 3.15. The Morgan fingerprint density at radius 1 is 0.483 bits per heavy atom. The molecule has 0 saturated carbocycles. The smallest absolute Gasteiger partial charge is 0.227 e. The van der Waals surface area contributed by atoms with Crippen LogP contribution in [-0.2, 0) is 0 Å². The molecular weight excluding hydrogens is 899 g/mol. The maximum atomic E-state index is 5.58. The Bertz CT molecular complexity index is 1820. The van der Waals surface area contributed by atoms with Gasteiger partial charge in [-0.3, -0.25) is 0 Å². The highest BCUT2D eigenvalue weighted by atomic mass is 35.5. The normalized spacial score (nSPS) is 9.73. The number of aromatic nitrogens is 12. The predicted molar refractivity (Wildman–Crippen MR) is 244 cm³/mol. The first-order chi connectivity index (χ1) is 28.0. The second kappa shape index (κ2) is 29.4. The largest absolute Gasteiger partial charge is 0.375 e. The van der Waals surface area contributed by atoms with E-state index in [1.165, 1.54) is 11.4 Å². The van der Waals surface area contributed by atoms with Gasteiger partial charge in [-0.25, -0.2) is 15.0 Å². The maximum Gasteiger partial charge on any atom is 0.227 e. The fraction of sp³-hybridized carbons (Fsp3) is 0.314. The number of nitrogen functional groups attached to an aromatic ring is 2. The molecule has 0 bridgehead atoms. The summed E-state index contributed by atoms with van der Waals surface area (Å²) in [7, 11) is 4.17. The first-order valence-corrected chi connectivity index (χ1v) is 19.7. The molecule has 19 nitrogen and oxygen atoms in total. The van der Waals surface area contributed by atoms with Crippen LogP contribution in [0.15, 0.2) is 60.7 Å². The number of para-hydroxylation sites is 2. The Balaban J connectivity index is 0.000000391. The number of aryl methyl sites for hydroxylation is 3. The first-order valence-electron chi connectivity index (χ1n) is 17.4. The zero-order chi connectivity index (χ0) is 43.7. The minimum atomic E-state index is 0. The van der Waals surface area contributed by atoms with Gasteiger partial charge in [0.25, 0.3) is 0 Å². The van der Waals surface area contributed by atoms with Crippen molar-refractivity contribution in [2.75, 3.05) is 66.9 Å². The number of rotatable bonds is 10. The molecule has 0 unspecified atom stereocenters. The molecule has 0 atom stereocenters. The summed E-state index contributed by atoms with van der Waals surface area (Å²) in [6, 6.07) is 20.6. The summed E-state index contributed by atoms with van der Waals surface area (Å²) in [6.07, 6.45) is 2.03. The predicted octanol–water partition coefficient (Wildman–Crippen LogP) is 7.07. The Hall–Kier alpha value is -4.86. The van der Waals surface area contributed by atoms with Gasteiger partial charge in [0.2, 0.25) is 49.5 Å². The van der Waals surface area contributed by atoms with Crippen molar-refractivity contribution >= 4 is 98.8 Å². The highest BCUT2D eigenvalue weighted by molar-refractivity contribution is 6.33. The van der Waals surface area contributed by atoms with Crippen molar-refractivity contribution in [3.8, 4) is 0 Å². The molecule has 324 valence electrons. The number of nitrogens with two attached hydrogens (primary N) is 3. The molecule has 0 amide bonds. The number of anilines is 5. The summed E-state index contributed by atoms with van der Waals surface area (Å²) in [4.78, 5) is 48.9. The van der Waals surface area contributed by atoms with Gasteiger partial charge in [-0.1, -0.05) is 36.4 Å². The van der Waals surface area contributed by atoms with Crippen LogP contribution in [0.2, 0.25) is 31.7 Å². The minimum Gasteiger partial charge on any atom is -0.375 e. The molecule has 0 aliphatic carbocycles. The lowest BCUT2D eigenvalue weighted by atomic mass is 10.3. The lowest BCUT2D eigenvalue weighted by Gasteiger charge is -2.19. The van der Waals surface area contributed by atoms with Crippen LogP contribution in [0.3, 0.4) is 0 Å². The first kappa shape index (κ1) is 53.2. The molecule has 6 aromatic rings. The molecule has 0 saturated heterocycles. The Labute approximate surface area is 378 Å². The molecule has 4 aromatic heterocycles. The molecule has 0 fully saturated rings. The summed E-state index contributed by atoms with van der Waals surface area (Å²) in [6.45, 7) is 8.73. The fourth-order valence-corrected chi connectivity index (χ4v) is 5.51. The number of nitrogens with zero attached hydrogens (tertiary/aromatic N) is 14. The van der Waals surface area contributed by atoms with E-state index in [0.29, 0.717) is 23.4 Å². The van der Waals surface area contributed by atoms with E-state index in [9.17, 15) is 0 Å².